The van der Waals surface area contributed by atoms with Gasteiger partial charge in [-0.1, -0.05) is 132 Å². The molecule has 0 amide bonds. The number of rotatable bonds is 8. The van der Waals surface area contributed by atoms with E-state index >= 15 is 8.78 Å². The number of hydrogen-bond donors (Lipinski definition) is 0. The summed E-state index contributed by atoms with van der Waals surface area (Å²) in [6, 6.07) is 53.5. The largest absolute Gasteiger partial charge is 0.503 e. The zero-order chi connectivity index (χ0) is 51.1. The topological polar surface area (TPSA) is 33.1 Å². The van der Waals surface area contributed by atoms with Crippen molar-refractivity contribution in [2.24, 2.45) is 0 Å². The SMILES string of the molecule is [2H]c1c([2H])c(C(C)(C)C)c([2H])c([2H])c1-c1cc(Oc2ccc3c4ccccc4n(-c4cc(C(C)(C)C)ccn4)c3c2)cc([N+]2=C=[N+](c3c(-c4ccccc4)cccc3-c3cc(F)cc(F)c3)c3ccccc32)c1. The summed E-state index contributed by atoms with van der Waals surface area (Å²) in [5, 5.41) is 2.07. The normalized spacial score (nSPS) is 13.4. The second-order valence-electron chi connectivity index (χ2n) is 19.5. The van der Waals surface area contributed by atoms with Gasteiger partial charge in [-0.2, -0.15) is 0 Å². The van der Waals surface area contributed by atoms with Crippen molar-refractivity contribution in [3.8, 4) is 50.7 Å². The Hall–Kier alpha value is -8.25. The number of para-hydroxylation sites is 4. The van der Waals surface area contributed by atoms with Gasteiger partial charge in [0, 0.05) is 47.3 Å². The van der Waals surface area contributed by atoms with Crippen molar-refractivity contribution < 1.29 is 19.0 Å². The van der Waals surface area contributed by atoms with Gasteiger partial charge in [0.15, 0.2) is 0 Å². The monoisotopic (exact) mass is 908 g/mol. The lowest BCUT2D eigenvalue weighted by molar-refractivity contribution is 0.483. The highest BCUT2D eigenvalue weighted by atomic mass is 19.1. The van der Waals surface area contributed by atoms with E-state index in [4.69, 9.17) is 9.72 Å². The molecule has 8 aromatic carbocycles. The van der Waals surface area contributed by atoms with Crippen LogP contribution in [-0.4, -0.2) is 15.6 Å². The Bertz CT molecular complexity index is 3930. The van der Waals surface area contributed by atoms with Gasteiger partial charge >= 0.3 is 6.01 Å². The lowest BCUT2D eigenvalue weighted by Crippen LogP contribution is -2.12. The third-order valence-electron chi connectivity index (χ3n) is 12.6. The molecule has 10 aromatic rings. The van der Waals surface area contributed by atoms with E-state index < -0.39 is 17.0 Å². The third-order valence-corrected chi connectivity index (χ3v) is 12.6. The average Bonchev–Trinajstić information content (AvgIpc) is 3.91. The minimum atomic E-state index is -0.705. The molecule has 0 saturated carbocycles. The van der Waals surface area contributed by atoms with E-state index in [2.05, 4.69) is 49.5 Å². The Morgan fingerprint density at radius 1 is 0.522 bits per heavy atom. The van der Waals surface area contributed by atoms with Gasteiger partial charge in [-0.3, -0.25) is 4.57 Å². The fourth-order valence-corrected chi connectivity index (χ4v) is 9.15. The zero-order valence-corrected chi connectivity index (χ0v) is 39.1. The maximum atomic E-state index is 15.1. The first-order valence-corrected chi connectivity index (χ1v) is 23.0. The number of ether oxygens (including phenoxy) is 1. The summed E-state index contributed by atoms with van der Waals surface area (Å²) in [5.41, 5.74) is 8.23. The van der Waals surface area contributed by atoms with Crippen molar-refractivity contribution in [1.29, 1.82) is 0 Å². The molecule has 0 unspecified atom stereocenters. The molecular formula is C62H50F2N4O+2. The second kappa shape index (κ2) is 16.8. The lowest BCUT2D eigenvalue weighted by Gasteiger charge is -2.20. The number of nitrogens with zero attached hydrogens (tertiary/aromatic N) is 4. The van der Waals surface area contributed by atoms with Crippen molar-refractivity contribution in [3.05, 3.63) is 217 Å². The molecule has 0 aliphatic carbocycles. The van der Waals surface area contributed by atoms with Crippen LogP contribution >= 0.6 is 0 Å². The van der Waals surface area contributed by atoms with Gasteiger partial charge in [0.2, 0.25) is 11.4 Å². The van der Waals surface area contributed by atoms with E-state index in [0.717, 1.165) is 56.1 Å². The van der Waals surface area contributed by atoms with Crippen LogP contribution in [0.3, 0.4) is 0 Å². The summed E-state index contributed by atoms with van der Waals surface area (Å²) >= 11 is 0. The van der Waals surface area contributed by atoms with Crippen LogP contribution in [0.25, 0.3) is 61.0 Å². The number of hydrogen-bond acceptors (Lipinski definition) is 2. The number of halogens is 2. The first-order chi connectivity index (χ1) is 34.9. The molecule has 0 bridgehead atoms. The summed E-state index contributed by atoms with van der Waals surface area (Å²) in [6.45, 7) is 12.2. The molecule has 1 aliphatic rings. The van der Waals surface area contributed by atoms with Gasteiger partial charge in [-0.15, -0.1) is 0 Å². The number of aromatic nitrogens is 2. The predicted molar refractivity (Wildman–Crippen MR) is 280 cm³/mol. The van der Waals surface area contributed by atoms with Crippen molar-refractivity contribution in [3.63, 3.8) is 0 Å². The van der Waals surface area contributed by atoms with Gasteiger partial charge < -0.3 is 4.74 Å². The summed E-state index contributed by atoms with van der Waals surface area (Å²) in [7, 11) is 0. The van der Waals surface area contributed by atoms with Gasteiger partial charge in [-0.05, 0) is 114 Å². The maximum Gasteiger partial charge on any atom is 0.503 e. The molecular weight excluding hydrogens is 855 g/mol. The standard InChI is InChI=1S/C62H50F2N4O/c1-61(2,3)44-25-23-40(24-26-44)42-33-48(37-50(34-42)69-49-27-28-54-53-17-10-11-20-55(53)68(58(54)38-49)59-35-45(29-30-65-59)62(4,5)6)66-39-67(57-22-13-12-21-56(57)66)60-51(41-15-8-7-9-16-41)18-14-19-52(60)43-31-46(63)36-47(64)32-43/h7-38H,1-6H3/q+2/i23D,24D,25D,26D. The van der Waals surface area contributed by atoms with Crippen molar-refractivity contribution >= 4 is 50.6 Å². The molecule has 2 aromatic heterocycles. The van der Waals surface area contributed by atoms with Crippen LogP contribution in [0.4, 0.5) is 31.5 Å². The van der Waals surface area contributed by atoms with Crippen LogP contribution in [0, 0.1) is 11.6 Å². The number of benzene rings is 8. The molecule has 0 radical (unpaired) electrons. The van der Waals surface area contributed by atoms with Crippen molar-refractivity contribution in [2.75, 3.05) is 0 Å². The molecule has 0 saturated heterocycles. The van der Waals surface area contributed by atoms with E-state index in [0.29, 0.717) is 50.8 Å². The molecule has 0 atom stereocenters. The molecule has 0 spiro atoms. The first kappa shape index (κ1) is 38.8. The molecule has 3 heterocycles. The molecule has 0 N–H and O–H groups in total. The van der Waals surface area contributed by atoms with Crippen LogP contribution < -0.4 is 13.9 Å². The van der Waals surface area contributed by atoms with E-state index in [-0.39, 0.29) is 35.1 Å². The summed E-state index contributed by atoms with van der Waals surface area (Å²) in [6.07, 6.45) is 1.84. The molecule has 1 aliphatic heterocycles. The van der Waals surface area contributed by atoms with E-state index in [1.54, 1.807) is 6.07 Å². The predicted octanol–water partition coefficient (Wildman–Crippen LogP) is 16.7. The molecule has 11 rings (SSSR count). The average molecular weight is 909 g/mol. The van der Waals surface area contributed by atoms with Crippen molar-refractivity contribution in [2.45, 2.75) is 52.4 Å². The van der Waals surface area contributed by atoms with Gasteiger partial charge in [0.05, 0.1) is 33.7 Å². The fourth-order valence-electron chi connectivity index (χ4n) is 9.15. The highest BCUT2D eigenvalue weighted by Gasteiger charge is 2.39. The molecule has 7 heteroatoms. The van der Waals surface area contributed by atoms with Crippen LogP contribution in [0.2, 0.25) is 0 Å². The molecule has 336 valence electrons. The molecule has 69 heavy (non-hydrogen) atoms. The van der Waals surface area contributed by atoms with Crippen molar-refractivity contribution in [1.82, 2.24) is 18.7 Å². The second-order valence-corrected chi connectivity index (χ2v) is 19.5. The Balaban J connectivity index is 1.16. The van der Waals surface area contributed by atoms with Crippen LogP contribution in [0.5, 0.6) is 11.5 Å². The minimum absolute atomic E-state index is 0.115. The van der Waals surface area contributed by atoms with Crippen LogP contribution in [-0.2, 0) is 10.8 Å². The Morgan fingerprint density at radius 3 is 1.90 bits per heavy atom. The quantitative estimate of drug-likeness (QED) is 0.142. The Labute approximate surface area is 406 Å². The zero-order valence-electron chi connectivity index (χ0n) is 43.1. The molecule has 5 nitrogen and oxygen atoms in total. The third kappa shape index (κ3) is 8.11. The fraction of sp³-hybridized carbons (Fsp3) is 0.129. The molecule has 0 fully saturated rings. The van der Waals surface area contributed by atoms with E-state index in [1.165, 1.54) is 12.1 Å². The summed E-state index contributed by atoms with van der Waals surface area (Å²) < 4.78 is 80.2. The Kier molecular flexibility index (Phi) is 9.46. The summed E-state index contributed by atoms with van der Waals surface area (Å²) in [5.74, 6) is 0.226. The van der Waals surface area contributed by atoms with Crippen LogP contribution in [0.1, 0.15) is 58.2 Å². The first-order valence-electron chi connectivity index (χ1n) is 25.0. The number of pyridine rings is 1. The van der Waals surface area contributed by atoms with E-state index in [1.807, 2.05) is 157 Å². The Morgan fingerprint density at radius 2 is 1.17 bits per heavy atom. The van der Waals surface area contributed by atoms with Gasteiger partial charge in [0.1, 0.15) is 29.0 Å². The minimum Gasteiger partial charge on any atom is -0.457 e. The highest BCUT2D eigenvalue weighted by Crippen LogP contribution is 2.46. The summed E-state index contributed by atoms with van der Waals surface area (Å²) in [4.78, 5) is 4.87. The van der Waals surface area contributed by atoms with E-state index in [9.17, 15) is 5.48 Å². The van der Waals surface area contributed by atoms with Gasteiger partial charge in [-0.25, -0.2) is 13.8 Å². The van der Waals surface area contributed by atoms with Crippen LogP contribution in [0.15, 0.2) is 194 Å². The highest BCUT2D eigenvalue weighted by molar-refractivity contribution is 6.09. The number of fused-ring (bicyclic) bond motifs is 4. The maximum absolute atomic E-state index is 15.1. The smallest absolute Gasteiger partial charge is 0.457 e. The lowest BCUT2D eigenvalue weighted by atomic mass is 9.86. The van der Waals surface area contributed by atoms with Gasteiger partial charge in [0.25, 0.3) is 11.4 Å².